The lowest BCUT2D eigenvalue weighted by Gasteiger charge is -2.20. The van der Waals surface area contributed by atoms with Crippen molar-refractivity contribution < 1.29 is 14.3 Å². The van der Waals surface area contributed by atoms with Crippen LogP contribution in [0.1, 0.15) is 29.5 Å². The molecule has 0 spiro atoms. The second-order valence-electron chi connectivity index (χ2n) is 5.94. The lowest BCUT2D eigenvalue weighted by Crippen LogP contribution is -2.40. The summed E-state index contributed by atoms with van der Waals surface area (Å²) in [6.07, 6.45) is 2.28. The molecule has 1 aromatic rings. The van der Waals surface area contributed by atoms with Gasteiger partial charge in [-0.25, -0.2) is 4.79 Å². The summed E-state index contributed by atoms with van der Waals surface area (Å²) in [6, 6.07) is 4.06. The Hall–Kier alpha value is -1.75. The highest BCUT2D eigenvalue weighted by Crippen LogP contribution is 2.24. The minimum atomic E-state index is -0.0679. The number of urea groups is 1. The molecule has 1 saturated heterocycles. The third-order valence-corrected chi connectivity index (χ3v) is 4.00. The van der Waals surface area contributed by atoms with Gasteiger partial charge in [-0.3, -0.25) is 0 Å². The van der Waals surface area contributed by atoms with Gasteiger partial charge in [-0.05, 0) is 43.4 Å². The van der Waals surface area contributed by atoms with Gasteiger partial charge >= 0.3 is 6.03 Å². The zero-order valence-corrected chi connectivity index (χ0v) is 13.9. The summed E-state index contributed by atoms with van der Waals surface area (Å²) in [4.78, 5) is 13.8. The summed E-state index contributed by atoms with van der Waals surface area (Å²) >= 11 is 0. The summed E-state index contributed by atoms with van der Waals surface area (Å²) in [5.74, 6) is 0.911. The van der Waals surface area contributed by atoms with E-state index in [0.717, 1.165) is 41.9 Å². The number of hydrogen-bond acceptors (Lipinski definition) is 3. The third kappa shape index (κ3) is 4.13. The third-order valence-electron chi connectivity index (χ3n) is 4.00. The summed E-state index contributed by atoms with van der Waals surface area (Å²) in [5.41, 5.74) is 3.28. The van der Waals surface area contributed by atoms with E-state index in [1.54, 1.807) is 19.1 Å². The molecule has 0 aromatic heterocycles. The number of nitrogens with one attached hydrogen (secondary N) is 1. The summed E-state index contributed by atoms with van der Waals surface area (Å²) in [6.45, 7) is 6.01. The number of amides is 2. The van der Waals surface area contributed by atoms with Crippen molar-refractivity contribution in [2.24, 2.45) is 0 Å². The summed E-state index contributed by atoms with van der Waals surface area (Å²) < 4.78 is 10.9. The van der Waals surface area contributed by atoms with Crippen molar-refractivity contribution in [2.75, 3.05) is 27.3 Å². The fourth-order valence-corrected chi connectivity index (χ4v) is 2.94. The number of rotatable bonds is 5. The number of ether oxygens (including phenoxy) is 2. The highest BCUT2D eigenvalue weighted by atomic mass is 16.5. The molecule has 0 bridgehead atoms. The fourth-order valence-electron chi connectivity index (χ4n) is 2.94. The second kappa shape index (κ2) is 7.49. The van der Waals surface area contributed by atoms with Crippen molar-refractivity contribution in [3.63, 3.8) is 0 Å². The summed E-state index contributed by atoms with van der Waals surface area (Å²) in [7, 11) is 3.49. The Bertz CT molecular complexity index is 502. The maximum Gasteiger partial charge on any atom is 0.317 e. The van der Waals surface area contributed by atoms with E-state index in [1.807, 2.05) is 13.8 Å². The smallest absolute Gasteiger partial charge is 0.317 e. The average Bonchev–Trinajstić information content (AvgIpc) is 2.97. The van der Waals surface area contributed by atoms with Crippen molar-refractivity contribution >= 4 is 6.03 Å². The molecule has 1 N–H and O–H groups in total. The summed E-state index contributed by atoms with van der Waals surface area (Å²) in [5, 5.41) is 2.93. The number of carbonyl (C=O) groups excluding carboxylic acids is 1. The van der Waals surface area contributed by atoms with Crippen LogP contribution in [0.15, 0.2) is 12.1 Å². The van der Waals surface area contributed by atoms with Crippen LogP contribution in [-0.4, -0.2) is 44.3 Å². The number of methoxy groups -OCH3 is 1. The quantitative estimate of drug-likeness (QED) is 0.910. The number of carbonyl (C=O) groups is 1. The maximum atomic E-state index is 12.1. The fraction of sp³-hybridized carbons (Fsp3) is 0.588. The Kier molecular flexibility index (Phi) is 5.66. The van der Waals surface area contributed by atoms with E-state index in [1.165, 1.54) is 0 Å². The SMILES string of the molecule is COc1c(C)cc(CN(C)C(=O)NC[C@H]2CCCO2)cc1C. The molecular formula is C17H26N2O3. The minimum Gasteiger partial charge on any atom is -0.496 e. The molecule has 2 rings (SSSR count). The van der Waals surface area contributed by atoms with Gasteiger partial charge in [0.15, 0.2) is 0 Å². The minimum absolute atomic E-state index is 0.0679. The molecule has 1 aromatic carbocycles. The molecular weight excluding hydrogens is 280 g/mol. The van der Waals surface area contributed by atoms with Crippen LogP contribution in [0.3, 0.4) is 0 Å². The van der Waals surface area contributed by atoms with Crippen LogP contribution in [0.25, 0.3) is 0 Å². The first-order chi connectivity index (χ1) is 10.5. The maximum absolute atomic E-state index is 12.1. The normalized spacial score (nSPS) is 17.4. The van der Waals surface area contributed by atoms with Gasteiger partial charge in [-0.1, -0.05) is 12.1 Å². The highest BCUT2D eigenvalue weighted by molar-refractivity contribution is 5.73. The standard InChI is InChI=1S/C17H26N2O3/c1-12-8-14(9-13(2)16(12)21-4)11-19(3)17(20)18-10-15-6-5-7-22-15/h8-9,15H,5-7,10-11H2,1-4H3,(H,18,20)/t15-/m1/s1. The van der Waals surface area contributed by atoms with E-state index >= 15 is 0 Å². The molecule has 122 valence electrons. The van der Waals surface area contributed by atoms with Crippen molar-refractivity contribution in [3.8, 4) is 5.75 Å². The van der Waals surface area contributed by atoms with Crippen molar-refractivity contribution in [1.29, 1.82) is 0 Å². The first-order valence-electron chi connectivity index (χ1n) is 7.76. The number of nitrogens with zero attached hydrogens (tertiary/aromatic N) is 1. The number of benzene rings is 1. The van der Waals surface area contributed by atoms with Crippen molar-refractivity contribution in [2.45, 2.75) is 39.3 Å². The molecule has 1 aliphatic rings. The van der Waals surface area contributed by atoms with Crippen molar-refractivity contribution in [1.82, 2.24) is 10.2 Å². The zero-order valence-electron chi connectivity index (χ0n) is 13.9. The van der Waals surface area contributed by atoms with Gasteiger partial charge in [0.05, 0.1) is 13.2 Å². The van der Waals surface area contributed by atoms with Gasteiger partial charge in [0.25, 0.3) is 0 Å². The van der Waals surface area contributed by atoms with Crippen LogP contribution in [0, 0.1) is 13.8 Å². The molecule has 0 aliphatic carbocycles. The Balaban J connectivity index is 1.90. The molecule has 1 heterocycles. The topological polar surface area (TPSA) is 50.8 Å². The second-order valence-corrected chi connectivity index (χ2v) is 5.94. The molecule has 1 fully saturated rings. The molecule has 0 saturated carbocycles. The molecule has 22 heavy (non-hydrogen) atoms. The predicted molar refractivity (Wildman–Crippen MR) is 86.3 cm³/mol. The lowest BCUT2D eigenvalue weighted by atomic mass is 10.1. The van der Waals surface area contributed by atoms with E-state index in [0.29, 0.717) is 13.1 Å². The highest BCUT2D eigenvalue weighted by Gasteiger charge is 2.17. The Morgan fingerprint density at radius 1 is 1.41 bits per heavy atom. The molecule has 5 heteroatoms. The number of aryl methyl sites for hydroxylation is 2. The van der Waals surface area contributed by atoms with Crippen molar-refractivity contribution in [3.05, 3.63) is 28.8 Å². The van der Waals surface area contributed by atoms with Gasteiger partial charge in [0, 0.05) is 26.7 Å². The van der Waals surface area contributed by atoms with E-state index < -0.39 is 0 Å². The molecule has 5 nitrogen and oxygen atoms in total. The van der Waals surface area contributed by atoms with E-state index in [9.17, 15) is 4.79 Å². The first kappa shape index (κ1) is 16.6. The molecule has 1 atom stereocenters. The van der Waals surface area contributed by atoms with Crippen LogP contribution in [0.5, 0.6) is 5.75 Å². The van der Waals surface area contributed by atoms with E-state index in [4.69, 9.17) is 9.47 Å². The lowest BCUT2D eigenvalue weighted by molar-refractivity contribution is 0.109. The van der Waals surface area contributed by atoms with Crippen LogP contribution in [0.2, 0.25) is 0 Å². The van der Waals surface area contributed by atoms with Gasteiger partial charge in [0.1, 0.15) is 5.75 Å². The van der Waals surface area contributed by atoms with E-state index in [-0.39, 0.29) is 12.1 Å². The van der Waals surface area contributed by atoms with Gasteiger partial charge < -0.3 is 19.7 Å². The molecule has 0 radical (unpaired) electrons. The monoisotopic (exact) mass is 306 g/mol. The van der Waals surface area contributed by atoms with Gasteiger partial charge in [-0.2, -0.15) is 0 Å². The van der Waals surface area contributed by atoms with Gasteiger partial charge in [-0.15, -0.1) is 0 Å². The zero-order chi connectivity index (χ0) is 16.1. The molecule has 2 amide bonds. The average molecular weight is 306 g/mol. The molecule has 0 unspecified atom stereocenters. The van der Waals surface area contributed by atoms with Gasteiger partial charge in [0.2, 0.25) is 0 Å². The van der Waals surface area contributed by atoms with Crippen LogP contribution in [-0.2, 0) is 11.3 Å². The van der Waals surface area contributed by atoms with Crippen LogP contribution < -0.4 is 10.1 Å². The van der Waals surface area contributed by atoms with Crippen LogP contribution >= 0.6 is 0 Å². The first-order valence-corrected chi connectivity index (χ1v) is 7.76. The van der Waals surface area contributed by atoms with Crippen LogP contribution in [0.4, 0.5) is 4.79 Å². The predicted octanol–water partition coefficient (Wildman–Crippen LogP) is 2.63. The van der Waals surface area contributed by atoms with E-state index in [2.05, 4.69) is 17.4 Å². The Morgan fingerprint density at radius 2 is 2.09 bits per heavy atom. The Labute approximate surface area is 132 Å². The Morgan fingerprint density at radius 3 is 2.64 bits per heavy atom. The number of hydrogen-bond donors (Lipinski definition) is 1. The largest absolute Gasteiger partial charge is 0.496 e. The molecule has 1 aliphatic heterocycles.